The molecule has 0 saturated carbocycles. The average Bonchev–Trinajstić information content (AvgIpc) is 2.79. The number of aryl methyl sites for hydroxylation is 1. The van der Waals surface area contributed by atoms with Crippen molar-refractivity contribution in [2.45, 2.75) is 11.8 Å². The van der Waals surface area contributed by atoms with Crippen LogP contribution in [0.2, 0.25) is 5.02 Å². The van der Waals surface area contributed by atoms with E-state index < -0.39 is 10.0 Å². The molecule has 0 atom stereocenters. The minimum atomic E-state index is -3.81. The Balaban J connectivity index is 1.46. The van der Waals surface area contributed by atoms with Crippen molar-refractivity contribution in [2.24, 2.45) is 0 Å². The second kappa shape index (κ2) is 9.22. The summed E-state index contributed by atoms with van der Waals surface area (Å²) in [5.74, 6) is -0.184. The van der Waals surface area contributed by atoms with Crippen LogP contribution in [0.4, 0.5) is 11.4 Å². The molecule has 0 aromatic heterocycles. The van der Waals surface area contributed by atoms with Gasteiger partial charge >= 0.3 is 0 Å². The molecule has 1 aliphatic rings. The van der Waals surface area contributed by atoms with Gasteiger partial charge in [0, 0.05) is 37.4 Å². The standard InChI is InChI=1S/C24H24ClN3O3S/c1-18-6-4-8-20(16-18)26-32(30,31)21-9-5-7-19(17-21)24(29)28-14-12-27(13-15-28)23-11-3-2-10-22(23)25/h2-11,16-17,26H,12-15H2,1H3. The maximum absolute atomic E-state index is 13.1. The van der Waals surface area contributed by atoms with E-state index in [9.17, 15) is 13.2 Å². The summed E-state index contributed by atoms with van der Waals surface area (Å²) in [6.07, 6.45) is 0. The minimum absolute atomic E-state index is 0.0551. The predicted molar refractivity (Wildman–Crippen MR) is 128 cm³/mol. The number of benzene rings is 3. The summed E-state index contributed by atoms with van der Waals surface area (Å²) in [5, 5.41) is 0.686. The molecule has 32 heavy (non-hydrogen) atoms. The van der Waals surface area contributed by atoms with E-state index in [0.29, 0.717) is 42.5 Å². The van der Waals surface area contributed by atoms with Gasteiger partial charge in [-0.05, 0) is 55.0 Å². The molecule has 0 aliphatic carbocycles. The zero-order valence-electron chi connectivity index (χ0n) is 17.7. The first kappa shape index (κ1) is 22.2. The summed E-state index contributed by atoms with van der Waals surface area (Å²) in [6.45, 7) is 4.26. The lowest BCUT2D eigenvalue weighted by molar-refractivity contribution is 0.0746. The van der Waals surface area contributed by atoms with Crippen molar-refractivity contribution in [3.63, 3.8) is 0 Å². The van der Waals surface area contributed by atoms with Crippen LogP contribution in [0.15, 0.2) is 77.7 Å². The number of nitrogens with zero attached hydrogens (tertiary/aromatic N) is 2. The van der Waals surface area contributed by atoms with Crippen molar-refractivity contribution in [3.8, 4) is 0 Å². The van der Waals surface area contributed by atoms with E-state index in [1.807, 2.05) is 37.3 Å². The lowest BCUT2D eigenvalue weighted by Gasteiger charge is -2.36. The summed E-state index contributed by atoms with van der Waals surface area (Å²) in [7, 11) is -3.81. The molecule has 1 N–H and O–H groups in total. The fourth-order valence-electron chi connectivity index (χ4n) is 3.76. The van der Waals surface area contributed by atoms with Crippen molar-refractivity contribution in [3.05, 3.63) is 88.9 Å². The zero-order chi connectivity index (χ0) is 22.7. The monoisotopic (exact) mass is 469 g/mol. The summed E-state index contributed by atoms with van der Waals surface area (Å²) in [4.78, 5) is 17.0. The zero-order valence-corrected chi connectivity index (χ0v) is 19.2. The predicted octanol–water partition coefficient (Wildman–Crippen LogP) is 4.41. The molecule has 3 aromatic rings. The van der Waals surface area contributed by atoms with E-state index in [-0.39, 0.29) is 10.8 Å². The van der Waals surface area contributed by atoms with E-state index in [1.165, 1.54) is 12.1 Å². The van der Waals surface area contributed by atoms with Crippen molar-refractivity contribution in [1.29, 1.82) is 0 Å². The first-order chi connectivity index (χ1) is 15.3. The number of sulfonamides is 1. The van der Waals surface area contributed by atoms with Gasteiger partial charge in [-0.3, -0.25) is 9.52 Å². The number of carbonyl (C=O) groups is 1. The third-order valence-corrected chi connectivity index (χ3v) is 7.12. The number of hydrogen-bond acceptors (Lipinski definition) is 4. The van der Waals surface area contributed by atoms with Gasteiger partial charge in [0.05, 0.1) is 15.6 Å². The third kappa shape index (κ3) is 4.89. The van der Waals surface area contributed by atoms with Gasteiger partial charge in [-0.2, -0.15) is 0 Å². The number of para-hydroxylation sites is 1. The number of carbonyl (C=O) groups excluding carboxylic acids is 1. The van der Waals surface area contributed by atoms with Gasteiger partial charge in [-0.25, -0.2) is 8.42 Å². The molecule has 0 spiro atoms. The Labute approximate surface area is 193 Å². The van der Waals surface area contributed by atoms with Gasteiger partial charge in [-0.1, -0.05) is 41.9 Å². The average molecular weight is 470 g/mol. The summed E-state index contributed by atoms with van der Waals surface area (Å²) in [5.41, 5.74) is 2.74. The number of amides is 1. The Kier molecular flexibility index (Phi) is 6.39. The number of nitrogens with one attached hydrogen (secondary N) is 1. The smallest absolute Gasteiger partial charge is 0.261 e. The lowest BCUT2D eigenvalue weighted by Crippen LogP contribution is -2.48. The van der Waals surface area contributed by atoms with E-state index >= 15 is 0 Å². The van der Waals surface area contributed by atoms with Crippen LogP contribution in [-0.4, -0.2) is 45.4 Å². The molecule has 1 heterocycles. The molecule has 8 heteroatoms. The first-order valence-electron chi connectivity index (χ1n) is 10.3. The highest BCUT2D eigenvalue weighted by atomic mass is 35.5. The molecule has 6 nitrogen and oxygen atoms in total. The lowest BCUT2D eigenvalue weighted by atomic mass is 10.1. The van der Waals surface area contributed by atoms with Crippen molar-refractivity contribution in [2.75, 3.05) is 35.8 Å². The first-order valence-corrected chi connectivity index (χ1v) is 12.2. The number of hydrogen-bond donors (Lipinski definition) is 1. The molecule has 1 aliphatic heterocycles. The van der Waals surface area contributed by atoms with Crippen LogP contribution in [0.1, 0.15) is 15.9 Å². The third-order valence-electron chi connectivity index (χ3n) is 5.42. The SMILES string of the molecule is Cc1cccc(NS(=O)(=O)c2cccc(C(=O)N3CCN(c4ccccc4Cl)CC3)c2)c1. The van der Waals surface area contributed by atoms with Gasteiger partial charge in [0.15, 0.2) is 0 Å². The van der Waals surface area contributed by atoms with E-state index in [4.69, 9.17) is 11.6 Å². The Morgan fingerprint density at radius 1 is 0.906 bits per heavy atom. The molecule has 0 radical (unpaired) electrons. The number of halogens is 1. The van der Waals surface area contributed by atoms with Gasteiger partial charge in [0.1, 0.15) is 0 Å². The van der Waals surface area contributed by atoms with Gasteiger partial charge < -0.3 is 9.80 Å². The highest BCUT2D eigenvalue weighted by molar-refractivity contribution is 7.92. The van der Waals surface area contributed by atoms with E-state index in [0.717, 1.165) is 11.3 Å². The van der Waals surface area contributed by atoms with Crippen LogP contribution in [0.25, 0.3) is 0 Å². The minimum Gasteiger partial charge on any atom is -0.367 e. The summed E-state index contributed by atoms with van der Waals surface area (Å²) >= 11 is 6.29. The topological polar surface area (TPSA) is 69.7 Å². The quantitative estimate of drug-likeness (QED) is 0.600. The van der Waals surface area contributed by atoms with Crippen LogP contribution in [0, 0.1) is 6.92 Å². The Morgan fingerprint density at radius 3 is 2.34 bits per heavy atom. The van der Waals surface area contributed by atoms with E-state index in [1.54, 1.807) is 35.2 Å². The van der Waals surface area contributed by atoms with Crippen molar-refractivity contribution >= 4 is 38.9 Å². The van der Waals surface area contributed by atoms with Crippen LogP contribution in [0.3, 0.4) is 0 Å². The van der Waals surface area contributed by atoms with Crippen LogP contribution < -0.4 is 9.62 Å². The number of anilines is 2. The molecular weight excluding hydrogens is 446 g/mol. The Bertz CT molecular complexity index is 1240. The van der Waals surface area contributed by atoms with Crippen LogP contribution >= 0.6 is 11.6 Å². The van der Waals surface area contributed by atoms with E-state index in [2.05, 4.69) is 9.62 Å². The Morgan fingerprint density at radius 2 is 1.62 bits per heavy atom. The number of piperazine rings is 1. The molecule has 3 aromatic carbocycles. The van der Waals surface area contributed by atoms with Gasteiger partial charge in [-0.15, -0.1) is 0 Å². The molecule has 1 fully saturated rings. The molecule has 0 bridgehead atoms. The van der Waals surface area contributed by atoms with Gasteiger partial charge in [0.25, 0.3) is 15.9 Å². The Hall–Kier alpha value is -3.03. The second-order valence-corrected chi connectivity index (χ2v) is 9.82. The fourth-order valence-corrected chi connectivity index (χ4v) is 5.11. The molecule has 166 valence electrons. The molecule has 1 saturated heterocycles. The highest BCUT2D eigenvalue weighted by Crippen LogP contribution is 2.26. The fraction of sp³-hybridized carbons (Fsp3) is 0.208. The van der Waals surface area contributed by atoms with Crippen molar-refractivity contribution in [1.82, 2.24) is 4.90 Å². The van der Waals surface area contributed by atoms with Crippen LogP contribution in [0.5, 0.6) is 0 Å². The largest absolute Gasteiger partial charge is 0.367 e. The summed E-state index contributed by atoms with van der Waals surface area (Å²) < 4.78 is 28.3. The maximum atomic E-state index is 13.1. The molecule has 1 amide bonds. The molecular formula is C24H24ClN3O3S. The normalized spacial score (nSPS) is 14.3. The maximum Gasteiger partial charge on any atom is 0.261 e. The van der Waals surface area contributed by atoms with Gasteiger partial charge in [0.2, 0.25) is 0 Å². The molecule has 0 unspecified atom stereocenters. The highest BCUT2D eigenvalue weighted by Gasteiger charge is 2.24. The van der Waals surface area contributed by atoms with Crippen molar-refractivity contribution < 1.29 is 13.2 Å². The number of rotatable bonds is 5. The molecule has 4 rings (SSSR count). The van der Waals surface area contributed by atoms with Crippen LogP contribution in [-0.2, 0) is 10.0 Å². The summed E-state index contributed by atoms with van der Waals surface area (Å²) in [6, 6.07) is 20.9. The second-order valence-electron chi connectivity index (χ2n) is 7.73.